The third-order valence-electron chi connectivity index (χ3n) is 5.32. The third kappa shape index (κ3) is 3.52. The number of thiol groups is 1. The molecule has 0 fully saturated rings. The predicted molar refractivity (Wildman–Crippen MR) is 110 cm³/mol. The summed E-state index contributed by atoms with van der Waals surface area (Å²) in [5, 5.41) is 3.16. The first-order valence-corrected chi connectivity index (χ1v) is 10.8. The van der Waals surface area contributed by atoms with Gasteiger partial charge in [0.15, 0.2) is 0 Å². The number of fused-ring (bicyclic) bond motifs is 2. The van der Waals surface area contributed by atoms with Gasteiger partial charge in [-0.15, -0.1) is 4.36 Å². The van der Waals surface area contributed by atoms with Crippen molar-refractivity contribution in [3.05, 3.63) is 57.1 Å². The van der Waals surface area contributed by atoms with Crippen LogP contribution in [0.15, 0.2) is 33.5 Å². The van der Waals surface area contributed by atoms with E-state index in [-0.39, 0.29) is 15.5 Å². The molecule has 6 nitrogen and oxygen atoms in total. The molecule has 0 heterocycles. The molecule has 0 saturated heterocycles. The molecule has 0 radical (unpaired) electrons. The van der Waals surface area contributed by atoms with Crippen LogP contribution >= 0.6 is 11.6 Å². The smallest absolute Gasteiger partial charge is 0.353 e. The minimum atomic E-state index is -2.51. The molecule has 0 saturated carbocycles. The van der Waals surface area contributed by atoms with Crippen LogP contribution < -0.4 is 11.1 Å². The Kier molecular flexibility index (Phi) is 5.12. The number of carbonyl (C=O) groups excluding carboxylic acids is 2. The first-order chi connectivity index (χ1) is 13.4. The van der Waals surface area contributed by atoms with Crippen molar-refractivity contribution < 1.29 is 13.8 Å². The van der Waals surface area contributed by atoms with Crippen LogP contribution in [0.4, 0.5) is 10.5 Å². The molecule has 1 unspecified atom stereocenters. The van der Waals surface area contributed by atoms with Gasteiger partial charge in [0.25, 0.3) is 0 Å². The molecule has 2 aliphatic rings. The quantitative estimate of drug-likeness (QED) is 0.664. The van der Waals surface area contributed by atoms with Gasteiger partial charge in [0.05, 0.1) is 21.1 Å². The Hall–Kier alpha value is -2.38. The van der Waals surface area contributed by atoms with E-state index in [1.165, 1.54) is 40.5 Å². The molecule has 0 aliphatic heterocycles. The maximum Gasteiger partial charge on any atom is 0.353 e. The van der Waals surface area contributed by atoms with Crippen LogP contribution in [0.2, 0.25) is 5.02 Å². The fourth-order valence-electron chi connectivity index (χ4n) is 4.11. The number of nitrogens with two attached hydrogens (primary N) is 1. The lowest BCUT2D eigenvalue weighted by Gasteiger charge is -2.14. The molecule has 146 valence electrons. The Morgan fingerprint density at radius 3 is 2.29 bits per heavy atom. The van der Waals surface area contributed by atoms with E-state index in [2.05, 4.69) is 15.7 Å². The van der Waals surface area contributed by atoms with Gasteiger partial charge in [0, 0.05) is 10.7 Å². The second-order valence-corrected chi connectivity index (χ2v) is 8.73. The largest absolute Gasteiger partial charge is 0.366 e. The van der Waals surface area contributed by atoms with Crippen molar-refractivity contribution in [1.82, 2.24) is 0 Å². The third-order valence-corrected chi connectivity index (χ3v) is 6.70. The maximum absolute atomic E-state index is 12.6. The molecule has 0 bridgehead atoms. The van der Waals surface area contributed by atoms with Crippen molar-refractivity contribution in [3.8, 4) is 0 Å². The summed E-state index contributed by atoms with van der Waals surface area (Å²) < 4.78 is 16.4. The topological polar surface area (TPSA) is 102 Å². The summed E-state index contributed by atoms with van der Waals surface area (Å²) in [6, 6.07) is 5.80. The summed E-state index contributed by atoms with van der Waals surface area (Å²) in [5.41, 5.74) is 11.1. The molecule has 3 N–H and O–H groups in total. The lowest BCUT2D eigenvalue weighted by Crippen LogP contribution is -2.14. The van der Waals surface area contributed by atoms with Gasteiger partial charge >= 0.3 is 6.03 Å². The number of amides is 3. The molecular formula is C20H20ClN3O3S. The van der Waals surface area contributed by atoms with Crippen molar-refractivity contribution in [3.63, 3.8) is 0 Å². The van der Waals surface area contributed by atoms with Gasteiger partial charge < -0.3 is 11.1 Å². The molecule has 0 spiro atoms. The van der Waals surface area contributed by atoms with Crippen LogP contribution in [0.3, 0.4) is 0 Å². The van der Waals surface area contributed by atoms with Crippen LogP contribution in [0, 0.1) is 0 Å². The van der Waals surface area contributed by atoms with Crippen LogP contribution in [-0.2, 0) is 36.3 Å². The number of rotatable bonds is 3. The van der Waals surface area contributed by atoms with Gasteiger partial charge in [0.2, 0.25) is 5.91 Å². The van der Waals surface area contributed by atoms with Gasteiger partial charge in [-0.3, -0.25) is 4.79 Å². The number of anilines is 1. The molecule has 2 aliphatic carbocycles. The summed E-state index contributed by atoms with van der Waals surface area (Å²) >= 11 is 5.94. The highest BCUT2D eigenvalue weighted by Gasteiger charge is 2.25. The highest BCUT2D eigenvalue weighted by molar-refractivity contribution is 7.75. The lowest BCUT2D eigenvalue weighted by atomic mass is 9.99. The van der Waals surface area contributed by atoms with Gasteiger partial charge in [-0.1, -0.05) is 17.7 Å². The minimum absolute atomic E-state index is 0.0450. The van der Waals surface area contributed by atoms with E-state index in [1.807, 2.05) is 0 Å². The molecule has 0 aromatic heterocycles. The molecule has 8 heteroatoms. The summed E-state index contributed by atoms with van der Waals surface area (Å²) in [6.45, 7) is 0. The predicted octanol–water partition coefficient (Wildman–Crippen LogP) is 3.67. The zero-order valence-corrected chi connectivity index (χ0v) is 16.8. The second kappa shape index (κ2) is 7.56. The number of hydrogen-bond donors (Lipinski definition) is 3. The van der Waals surface area contributed by atoms with Crippen LogP contribution in [-0.4, -0.2) is 16.1 Å². The number of nitrogens with one attached hydrogen (secondary N) is 1. The summed E-state index contributed by atoms with van der Waals surface area (Å²) in [4.78, 5) is 24.2. The number of urea groups is 1. The zero-order chi connectivity index (χ0) is 19.8. The molecule has 28 heavy (non-hydrogen) atoms. The first-order valence-electron chi connectivity index (χ1n) is 9.20. The number of halogens is 1. The minimum Gasteiger partial charge on any atom is -0.366 e. The van der Waals surface area contributed by atoms with E-state index in [4.69, 9.17) is 17.3 Å². The van der Waals surface area contributed by atoms with Crippen molar-refractivity contribution in [2.45, 2.75) is 43.4 Å². The molecule has 3 amide bonds. The van der Waals surface area contributed by atoms with Gasteiger partial charge in [0.1, 0.15) is 0 Å². The fraction of sp³-hybridized carbons (Fsp3) is 0.300. The molecular weight excluding hydrogens is 398 g/mol. The van der Waals surface area contributed by atoms with E-state index >= 15 is 0 Å². The normalized spacial score (nSPS) is 15.9. The van der Waals surface area contributed by atoms with E-state index < -0.39 is 22.5 Å². The first kappa shape index (κ1) is 19.0. The number of benzene rings is 2. The van der Waals surface area contributed by atoms with Crippen molar-refractivity contribution in [2.24, 2.45) is 10.1 Å². The standard InChI is InChI=1S/C20H20ClN3O3S/c21-13-7-8-16(19(22)25)17(10-13)28(27)24-20(26)23-18-14-5-1-3-11(14)9-12-4-2-6-15(12)18/h7-10,28H,1-6H2,(H2,22,25)(H,23,26). The Labute approximate surface area is 169 Å². The average Bonchev–Trinajstić information content (AvgIpc) is 3.30. The second-order valence-electron chi connectivity index (χ2n) is 7.06. The highest BCUT2D eigenvalue weighted by atomic mass is 35.5. The Bertz CT molecular complexity index is 1060. The lowest BCUT2D eigenvalue weighted by molar-refractivity contribution is 0.0997. The van der Waals surface area contributed by atoms with Crippen LogP contribution in [0.5, 0.6) is 0 Å². The molecule has 1 atom stereocenters. The Morgan fingerprint density at radius 2 is 1.68 bits per heavy atom. The van der Waals surface area contributed by atoms with Gasteiger partial charge in [-0.25, -0.2) is 9.00 Å². The van der Waals surface area contributed by atoms with Gasteiger partial charge in [-0.2, -0.15) is 0 Å². The van der Waals surface area contributed by atoms with Gasteiger partial charge in [-0.05, 0) is 79.0 Å². The molecule has 2 aromatic carbocycles. The van der Waals surface area contributed by atoms with E-state index in [1.54, 1.807) is 0 Å². The maximum atomic E-state index is 12.6. The van der Waals surface area contributed by atoms with Crippen LogP contribution in [0.25, 0.3) is 0 Å². The van der Waals surface area contributed by atoms with Crippen molar-refractivity contribution >= 4 is 39.8 Å². The van der Waals surface area contributed by atoms with E-state index in [0.29, 0.717) is 0 Å². The van der Waals surface area contributed by atoms with E-state index in [0.717, 1.165) is 44.2 Å². The number of carbonyl (C=O) groups is 2. The zero-order valence-electron chi connectivity index (χ0n) is 15.1. The monoisotopic (exact) mass is 417 g/mol. The number of aryl methyl sites for hydroxylation is 2. The number of primary amides is 1. The Morgan fingerprint density at radius 1 is 1.04 bits per heavy atom. The van der Waals surface area contributed by atoms with Crippen molar-refractivity contribution in [2.75, 3.05) is 5.32 Å². The average molecular weight is 418 g/mol. The van der Waals surface area contributed by atoms with Crippen molar-refractivity contribution in [1.29, 1.82) is 0 Å². The summed E-state index contributed by atoms with van der Waals surface area (Å²) in [6.07, 6.45) is 6.01. The summed E-state index contributed by atoms with van der Waals surface area (Å²) in [7, 11) is -2.51. The summed E-state index contributed by atoms with van der Waals surface area (Å²) in [5.74, 6) is -0.746. The Balaban J connectivity index is 1.67. The highest BCUT2D eigenvalue weighted by Crippen LogP contribution is 2.38. The van der Waals surface area contributed by atoms with Crippen LogP contribution in [0.1, 0.15) is 45.5 Å². The van der Waals surface area contributed by atoms with E-state index in [9.17, 15) is 13.8 Å². The number of hydrogen-bond acceptors (Lipinski definition) is 3. The fourth-order valence-corrected chi connectivity index (χ4v) is 5.32. The molecule has 4 rings (SSSR count). The molecule has 2 aromatic rings. The SMILES string of the molecule is NC(=O)c1ccc(Cl)cc1/[SH](=O)=N/C(=O)Nc1c2c(cc3c1CCC3)CCC2. The number of nitrogens with zero attached hydrogens (tertiary/aromatic N) is 1.